The molecule has 2 aromatic rings. The Labute approximate surface area is 111 Å². The van der Waals surface area contributed by atoms with Crippen LogP contribution in [0.4, 0.5) is 0 Å². The normalized spacial score (nSPS) is 12.2. The van der Waals surface area contributed by atoms with E-state index in [0.29, 0.717) is 11.5 Å². The molecule has 2 heterocycles. The summed E-state index contributed by atoms with van der Waals surface area (Å²) in [6.45, 7) is 5.85. The molecule has 0 bridgehead atoms. The van der Waals surface area contributed by atoms with Gasteiger partial charge in [0.15, 0.2) is 11.5 Å². The van der Waals surface area contributed by atoms with Gasteiger partial charge in [-0.3, -0.25) is 9.36 Å². The molecule has 0 fully saturated rings. The van der Waals surface area contributed by atoms with Crippen LogP contribution in [0.3, 0.4) is 0 Å². The number of nitrogens with one attached hydrogen (secondary N) is 1. The van der Waals surface area contributed by atoms with E-state index < -0.39 is 0 Å². The Morgan fingerprint density at radius 1 is 1.42 bits per heavy atom. The summed E-state index contributed by atoms with van der Waals surface area (Å²) in [7, 11) is 0. The molecule has 0 saturated heterocycles. The van der Waals surface area contributed by atoms with E-state index in [1.165, 1.54) is 0 Å². The van der Waals surface area contributed by atoms with Gasteiger partial charge in [0, 0.05) is 18.4 Å². The number of carbonyl (C=O) groups excluding carboxylic acids is 1. The molecule has 100 valence electrons. The molecule has 1 atom stereocenters. The Bertz CT molecular complexity index is 561. The highest BCUT2D eigenvalue weighted by atomic mass is 16.2. The average molecular weight is 259 g/mol. The average Bonchev–Trinajstić information content (AvgIpc) is 2.85. The third-order valence-electron chi connectivity index (χ3n) is 2.95. The second-order valence-electron chi connectivity index (χ2n) is 4.40. The van der Waals surface area contributed by atoms with Crippen molar-refractivity contribution in [3.63, 3.8) is 0 Å². The van der Waals surface area contributed by atoms with Crippen LogP contribution in [0.2, 0.25) is 0 Å². The molecule has 6 heteroatoms. The quantitative estimate of drug-likeness (QED) is 0.903. The summed E-state index contributed by atoms with van der Waals surface area (Å²) in [6.07, 6.45) is 4.38. The molecule has 0 aromatic carbocycles. The van der Waals surface area contributed by atoms with Crippen molar-refractivity contribution in [3.8, 4) is 5.82 Å². The maximum absolute atomic E-state index is 11.8. The molecule has 0 aliphatic rings. The lowest BCUT2D eigenvalue weighted by atomic mass is 10.2. The highest BCUT2D eigenvalue weighted by Gasteiger charge is 2.11. The van der Waals surface area contributed by atoms with E-state index in [9.17, 15) is 4.79 Å². The van der Waals surface area contributed by atoms with Crippen LogP contribution in [-0.4, -0.2) is 31.7 Å². The van der Waals surface area contributed by atoms with E-state index in [4.69, 9.17) is 0 Å². The maximum atomic E-state index is 11.8. The monoisotopic (exact) mass is 259 g/mol. The highest BCUT2D eigenvalue weighted by Crippen LogP contribution is 2.06. The minimum Gasteiger partial charge on any atom is -0.348 e. The molecule has 0 radical (unpaired) electrons. The summed E-state index contributed by atoms with van der Waals surface area (Å²) in [5.41, 5.74) is 0.321. The molecule has 6 nitrogen and oxygen atoms in total. The second-order valence-corrected chi connectivity index (χ2v) is 4.40. The molecular formula is C13H17N5O. The minimum atomic E-state index is -0.198. The molecule has 1 N–H and O–H groups in total. The molecule has 0 aliphatic heterocycles. The summed E-state index contributed by atoms with van der Waals surface area (Å²) in [5.74, 6) is 1.27. The Kier molecular flexibility index (Phi) is 3.89. The van der Waals surface area contributed by atoms with Crippen LogP contribution in [0, 0.1) is 6.92 Å². The van der Waals surface area contributed by atoms with E-state index >= 15 is 0 Å². The lowest BCUT2D eigenvalue weighted by molar-refractivity contribution is 0.0933. The third kappa shape index (κ3) is 2.96. The predicted molar refractivity (Wildman–Crippen MR) is 71.1 cm³/mol. The first-order valence-electron chi connectivity index (χ1n) is 6.26. The van der Waals surface area contributed by atoms with Crippen molar-refractivity contribution < 1.29 is 4.79 Å². The van der Waals surface area contributed by atoms with Gasteiger partial charge >= 0.3 is 0 Å². The molecule has 1 unspecified atom stereocenters. The van der Waals surface area contributed by atoms with Crippen LogP contribution in [-0.2, 0) is 0 Å². The number of nitrogens with zero attached hydrogens (tertiary/aromatic N) is 4. The molecule has 1 amide bonds. The Hall–Kier alpha value is -2.24. The Balaban J connectivity index is 2.15. The van der Waals surface area contributed by atoms with E-state index in [1.54, 1.807) is 24.5 Å². The fraction of sp³-hybridized carbons (Fsp3) is 0.385. The predicted octanol–water partition coefficient (Wildman–Crippen LogP) is 1.50. The summed E-state index contributed by atoms with van der Waals surface area (Å²) in [4.78, 5) is 16.0. The van der Waals surface area contributed by atoms with Gasteiger partial charge in [-0.15, -0.1) is 10.2 Å². The van der Waals surface area contributed by atoms with E-state index in [0.717, 1.165) is 12.2 Å². The van der Waals surface area contributed by atoms with Gasteiger partial charge in [-0.1, -0.05) is 6.92 Å². The fourth-order valence-electron chi connectivity index (χ4n) is 1.59. The van der Waals surface area contributed by atoms with Crippen LogP contribution < -0.4 is 5.32 Å². The lowest BCUT2D eigenvalue weighted by Crippen LogP contribution is -2.32. The molecule has 0 spiro atoms. The molecule has 0 aliphatic carbocycles. The van der Waals surface area contributed by atoms with E-state index in [1.807, 2.05) is 25.3 Å². The number of rotatable bonds is 4. The minimum absolute atomic E-state index is 0.130. The molecule has 19 heavy (non-hydrogen) atoms. The van der Waals surface area contributed by atoms with Gasteiger partial charge in [0.1, 0.15) is 5.82 Å². The van der Waals surface area contributed by atoms with E-state index in [2.05, 4.69) is 20.5 Å². The summed E-state index contributed by atoms with van der Waals surface area (Å²) in [6, 6.07) is 3.55. The van der Waals surface area contributed by atoms with Crippen LogP contribution in [0.5, 0.6) is 0 Å². The van der Waals surface area contributed by atoms with Gasteiger partial charge in [-0.2, -0.15) is 0 Å². The number of aromatic nitrogens is 4. The Morgan fingerprint density at radius 2 is 2.21 bits per heavy atom. The van der Waals surface area contributed by atoms with E-state index in [-0.39, 0.29) is 11.9 Å². The SMILES string of the molecule is CCC(C)NC(=O)c1ccc(-n2ccnc2C)nn1. The first-order valence-corrected chi connectivity index (χ1v) is 6.26. The van der Waals surface area contributed by atoms with Crippen molar-refractivity contribution in [2.45, 2.75) is 33.2 Å². The Morgan fingerprint density at radius 3 is 2.74 bits per heavy atom. The number of imidazole rings is 1. The van der Waals surface area contributed by atoms with Gasteiger partial charge in [-0.25, -0.2) is 4.98 Å². The second kappa shape index (κ2) is 5.60. The maximum Gasteiger partial charge on any atom is 0.272 e. The van der Waals surface area contributed by atoms with Crippen molar-refractivity contribution in [2.24, 2.45) is 0 Å². The zero-order valence-electron chi connectivity index (χ0n) is 11.3. The lowest BCUT2D eigenvalue weighted by Gasteiger charge is -2.10. The van der Waals surface area contributed by atoms with Gasteiger partial charge < -0.3 is 5.32 Å². The number of hydrogen-bond donors (Lipinski definition) is 1. The van der Waals surface area contributed by atoms with Crippen LogP contribution in [0.1, 0.15) is 36.6 Å². The topological polar surface area (TPSA) is 72.7 Å². The highest BCUT2D eigenvalue weighted by molar-refractivity contribution is 5.92. The van der Waals surface area contributed by atoms with Crippen LogP contribution >= 0.6 is 0 Å². The van der Waals surface area contributed by atoms with Gasteiger partial charge in [-0.05, 0) is 32.4 Å². The summed E-state index contributed by atoms with van der Waals surface area (Å²) < 4.78 is 1.81. The van der Waals surface area contributed by atoms with Crippen molar-refractivity contribution in [2.75, 3.05) is 0 Å². The number of aryl methyl sites for hydroxylation is 1. The number of carbonyl (C=O) groups is 1. The summed E-state index contributed by atoms with van der Waals surface area (Å²) >= 11 is 0. The largest absolute Gasteiger partial charge is 0.348 e. The third-order valence-corrected chi connectivity index (χ3v) is 2.95. The van der Waals surface area contributed by atoms with Crippen molar-refractivity contribution in [3.05, 3.63) is 36.0 Å². The van der Waals surface area contributed by atoms with Crippen molar-refractivity contribution >= 4 is 5.91 Å². The fourth-order valence-corrected chi connectivity index (χ4v) is 1.59. The van der Waals surface area contributed by atoms with Crippen molar-refractivity contribution in [1.29, 1.82) is 0 Å². The molecule has 0 saturated carbocycles. The van der Waals surface area contributed by atoms with Crippen molar-refractivity contribution in [1.82, 2.24) is 25.1 Å². The first-order chi connectivity index (χ1) is 9.11. The standard InChI is InChI=1S/C13H17N5O/c1-4-9(2)15-13(19)11-5-6-12(17-16-11)18-8-7-14-10(18)3/h5-9H,4H2,1-3H3,(H,15,19). The molecule has 2 aromatic heterocycles. The number of hydrogen-bond acceptors (Lipinski definition) is 4. The number of amides is 1. The molecule has 2 rings (SSSR count). The summed E-state index contributed by atoms with van der Waals surface area (Å²) in [5, 5.41) is 10.9. The smallest absolute Gasteiger partial charge is 0.272 e. The van der Waals surface area contributed by atoms with Gasteiger partial charge in [0.05, 0.1) is 0 Å². The van der Waals surface area contributed by atoms with Gasteiger partial charge in [0.2, 0.25) is 0 Å². The molecular weight excluding hydrogens is 242 g/mol. The zero-order valence-corrected chi connectivity index (χ0v) is 11.3. The van der Waals surface area contributed by atoms with Crippen LogP contribution in [0.15, 0.2) is 24.5 Å². The van der Waals surface area contributed by atoms with Crippen LogP contribution in [0.25, 0.3) is 5.82 Å². The van der Waals surface area contributed by atoms with Gasteiger partial charge in [0.25, 0.3) is 5.91 Å². The zero-order chi connectivity index (χ0) is 13.8. The first kappa shape index (κ1) is 13.2.